The van der Waals surface area contributed by atoms with Gasteiger partial charge < -0.3 is 15.2 Å². The molecule has 1 aliphatic carbocycles. The Morgan fingerprint density at radius 3 is 2.43 bits per heavy atom. The van der Waals surface area contributed by atoms with E-state index in [1.165, 1.54) is 4.90 Å². The zero-order valence-corrected chi connectivity index (χ0v) is 25.1. The minimum Gasteiger partial charge on any atom is -0.480 e. The highest BCUT2D eigenvalue weighted by molar-refractivity contribution is 9.12. The van der Waals surface area contributed by atoms with Crippen molar-refractivity contribution in [3.63, 3.8) is 0 Å². The van der Waals surface area contributed by atoms with Gasteiger partial charge >= 0.3 is 12.1 Å². The summed E-state index contributed by atoms with van der Waals surface area (Å²) in [5, 5.41) is 13.1. The van der Waals surface area contributed by atoms with Crippen molar-refractivity contribution in [1.29, 1.82) is 0 Å². The number of amides is 1. The molecule has 1 aliphatic heterocycles. The van der Waals surface area contributed by atoms with E-state index in [1.807, 2.05) is 45.3 Å². The Kier molecular flexibility index (Phi) is 14.1. The lowest BCUT2D eigenvalue weighted by Gasteiger charge is -2.43. The average Bonchev–Trinajstić information content (AvgIpc) is 2.83. The molecular weight excluding hydrogens is 560 g/mol. The van der Waals surface area contributed by atoms with Crippen LogP contribution < -0.4 is 5.32 Å². The maximum absolute atomic E-state index is 12.4. The number of carbonyl (C=O) groups excluding carboxylic acids is 1. The van der Waals surface area contributed by atoms with Gasteiger partial charge in [0.25, 0.3) is 0 Å². The van der Waals surface area contributed by atoms with E-state index >= 15 is 0 Å². The highest BCUT2D eigenvalue weighted by Crippen LogP contribution is 2.33. The molecule has 2 N–H and O–H groups in total. The molecule has 1 amide bonds. The number of piperazine rings is 1. The number of aliphatic imine (C=N–C) groups is 1. The van der Waals surface area contributed by atoms with E-state index in [9.17, 15) is 14.7 Å². The van der Waals surface area contributed by atoms with E-state index < -0.39 is 23.7 Å². The molecule has 0 radical (unpaired) electrons. The molecule has 10 heteroatoms. The number of carboxylic acid groups (broad SMARTS) is 1. The largest absolute Gasteiger partial charge is 0.480 e. The van der Waals surface area contributed by atoms with E-state index in [4.69, 9.17) is 16.3 Å². The summed E-state index contributed by atoms with van der Waals surface area (Å²) in [5.41, 5.74) is 1.62. The SMILES string of the molecule is C/C=C(/Br)C=NC.CC(C)(C)OC(=O)N1CCN(C2C=CCc3cc(Cl)ccc32)CC1C(=O)O.CNC. The van der Waals surface area contributed by atoms with Gasteiger partial charge in [0.2, 0.25) is 0 Å². The van der Waals surface area contributed by atoms with Crippen LogP contribution in [0.2, 0.25) is 5.02 Å². The first kappa shape index (κ1) is 32.8. The van der Waals surface area contributed by atoms with Crippen molar-refractivity contribution in [1.82, 2.24) is 15.1 Å². The fraction of sp³-hybridized carbons (Fsp3) is 0.519. The van der Waals surface area contributed by atoms with Gasteiger partial charge in [0.1, 0.15) is 11.6 Å². The fourth-order valence-corrected chi connectivity index (χ4v) is 4.19. The van der Waals surface area contributed by atoms with Crippen LogP contribution in [0.15, 0.2) is 45.9 Å². The predicted molar refractivity (Wildman–Crippen MR) is 155 cm³/mol. The summed E-state index contributed by atoms with van der Waals surface area (Å²) in [6.07, 6.45) is 8.10. The first-order chi connectivity index (χ1) is 17.4. The molecule has 0 aromatic heterocycles. The number of nitrogens with one attached hydrogen (secondary N) is 1. The number of carboxylic acids is 1. The molecule has 206 valence electrons. The Bertz CT molecular complexity index is 991. The zero-order valence-electron chi connectivity index (χ0n) is 22.8. The zero-order chi connectivity index (χ0) is 28.2. The van der Waals surface area contributed by atoms with Gasteiger partial charge in [-0.2, -0.15) is 0 Å². The summed E-state index contributed by atoms with van der Waals surface area (Å²) in [7, 11) is 5.49. The lowest BCUT2D eigenvalue weighted by atomic mass is 9.91. The maximum atomic E-state index is 12.4. The van der Waals surface area contributed by atoms with Crippen molar-refractivity contribution in [2.45, 2.75) is 51.8 Å². The van der Waals surface area contributed by atoms with Crippen LogP contribution in [0.3, 0.4) is 0 Å². The average molecular weight is 600 g/mol. The van der Waals surface area contributed by atoms with E-state index in [1.54, 1.807) is 34.0 Å². The van der Waals surface area contributed by atoms with Gasteiger partial charge in [0, 0.05) is 42.4 Å². The number of benzene rings is 1. The third kappa shape index (κ3) is 11.0. The second-order valence-corrected chi connectivity index (χ2v) is 10.9. The van der Waals surface area contributed by atoms with Crippen LogP contribution in [0, 0.1) is 0 Å². The molecule has 2 unspecified atom stereocenters. The molecule has 1 aromatic rings. The molecule has 0 bridgehead atoms. The van der Waals surface area contributed by atoms with Gasteiger partial charge in [-0.25, -0.2) is 9.59 Å². The summed E-state index contributed by atoms with van der Waals surface area (Å²) in [6, 6.07) is 4.85. The molecular formula is C27H40BrClN4O4. The number of carbonyl (C=O) groups is 2. The summed E-state index contributed by atoms with van der Waals surface area (Å²) < 4.78 is 6.41. The Morgan fingerprint density at radius 2 is 1.92 bits per heavy atom. The number of hydrogen-bond acceptors (Lipinski definition) is 6. The topological polar surface area (TPSA) is 94.5 Å². The smallest absolute Gasteiger partial charge is 0.411 e. The van der Waals surface area contributed by atoms with Gasteiger partial charge in [0.15, 0.2) is 0 Å². The second-order valence-electron chi connectivity index (χ2n) is 9.50. The summed E-state index contributed by atoms with van der Waals surface area (Å²) in [4.78, 5) is 31.5. The van der Waals surface area contributed by atoms with Crippen molar-refractivity contribution in [3.8, 4) is 0 Å². The summed E-state index contributed by atoms with van der Waals surface area (Å²) in [5.74, 6) is -1.03. The molecule has 8 nitrogen and oxygen atoms in total. The third-order valence-corrected chi connectivity index (χ3v) is 6.22. The second kappa shape index (κ2) is 15.9. The number of ether oxygens (including phenoxy) is 1. The molecule has 3 rings (SSSR count). The van der Waals surface area contributed by atoms with Crippen molar-refractivity contribution in [2.24, 2.45) is 4.99 Å². The highest BCUT2D eigenvalue weighted by Gasteiger charge is 2.39. The van der Waals surface area contributed by atoms with Crippen molar-refractivity contribution in [3.05, 3.63) is 57.1 Å². The normalized spacial score (nSPS) is 19.8. The Hall–Kier alpha value is -2.20. The molecule has 2 aliphatic rings. The number of nitrogens with zero attached hydrogens (tertiary/aromatic N) is 3. The molecule has 1 aromatic carbocycles. The molecule has 2 atom stereocenters. The number of rotatable bonds is 3. The third-order valence-electron chi connectivity index (χ3n) is 5.33. The van der Waals surface area contributed by atoms with Crippen LogP contribution in [-0.4, -0.2) is 85.6 Å². The molecule has 1 heterocycles. The summed E-state index contributed by atoms with van der Waals surface area (Å²) in [6.45, 7) is 8.38. The molecule has 1 fully saturated rings. The predicted octanol–water partition coefficient (Wildman–Crippen LogP) is 5.32. The Morgan fingerprint density at radius 1 is 1.27 bits per heavy atom. The van der Waals surface area contributed by atoms with Gasteiger partial charge in [-0.05, 0) is 87.4 Å². The minimum absolute atomic E-state index is 0.0198. The van der Waals surface area contributed by atoms with Crippen LogP contribution in [0.25, 0.3) is 0 Å². The van der Waals surface area contributed by atoms with Crippen molar-refractivity contribution >= 4 is 45.8 Å². The maximum Gasteiger partial charge on any atom is 0.411 e. The van der Waals surface area contributed by atoms with Crippen LogP contribution in [0.4, 0.5) is 4.79 Å². The van der Waals surface area contributed by atoms with Gasteiger partial charge in [-0.15, -0.1) is 0 Å². The first-order valence-electron chi connectivity index (χ1n) is 12.1. The fourth-order valence-electron chi connectivity index (χ4n) is 3.79. The standard InChI is InChI=1S/C20H25ClN2O4.C5H8BrN.C2H7N/c1-20(2,3)27-19(26)23-10-9-22(12-17(23)18(24)25)16-6-4-5-13-11-14(21)7-8-15(13)16;1-3-5(6)4-7-2;1-3-2/h4,6-8,11,16-17H,5,9-10,12H2,1-3H3,(H,24,25);3-4H,1-2H3;3H,1-2H3/b;5-3+,7-4?;. The number of allylic oxidation sites excluding steroid dienone is 3. The number of fused-ring (bicyclic) bond motifs is 1. The van der Waals surface area contributed by atoms with Crippen molar-refractivity contribution < 1.29 is 19.4 Å². The lowest BCUT2D eigenvalue weighted by Crippen LogP contribution is -2.59. The van der Waals surface area contributed by atoms with E-state index in [0.29, 0.717) is 18.1 Å². The summed E-state index contributed by atoms with van der Waals surface area (Å²) >= 11 is 9.36. The van der Waals surface area contributed by atoms with Crippen LogP contribution in [0.1, 0.15) is 44.9 Å². The molecule has 0 saturated carbocycles. The van der Waals surface area contributed by atoms with Crippen molar-refractivity contribution in [2.75, 3.05) is 40.8 Å². The lowest BCUT2D eigenvalue weighted by molar-refractivity contribution is -0.146. The molecule has 1 saturated heterocycles. The van der Waals surface area contributed by atoms with Crippen LogP contribution in [0.5, 0.6) is 0 Å². The number of halogens is 2. The van der Waals surface area contributed by atoms with Gasteiger partial charge in [-0.1, -0.05) is 35.9 Å². The quantitative estimate of drug-likeness (QED) is 0.361. The van der Waals surface area contributed by atoms with Gasteiger partial charge in [-0.3, -0.25) is 14.8 Å². The Labute approximate surface area is 234 Å². The minimum atomic E-state index is -1.03. The van der Waals surface area contributed by atoms with E-state index in [0.717, 1.165) is 22.0 Å². The molecule has 37 heavy (non-hydrogen) atoms. The number of hydrogen-bond donors (Lipinski definition) is 2. The Balaban J connectivity index is 0.000000584. The van der Waals surface area contributed by atoms with Crippen LogP contribution in [-0.2, 0) is 16.0 Å². The van der Waals surface area contributed by atoms with Crippen LogP contribution >= 0.6 is 27.5 Å². The first-order valence-corrected chi connectivity index (χ1v) is 13.3. The monoisotopic (exact) mass is 598 g/mol. The van der Waals surface area contributed by atoms with E-state index in [-0.39, 0.29) is 12.6 Å². The highest BCUT2D eigenvalue weighted by atomic mass is 79.9. The number of aliphatic carboxylic acids is 1. The van der Waals surface area contributed by atoms with Gasteiger partial charge in [0.05, 0.1) is 6.04 Å². The van der Waals surface area contributed by atoms with E-state index in [2.05, 4.69) is 43.3 Å². The molecule has 0 spiro atoms.